The second-order valence-corrected chi connectivity index (χ2v) is 6.68. The number of carbonyl (C=O) groups excluding carboxylic acids is 1. The van der Waals surface area contributed by atoms with E-state index in [0.717, 1.165) is 0 Å². The maximum absolute atomic E-state index is 12.3. The number of hydrogen-bond donors (Lipinski definition) is 2. The van der Waals surface area contributed by atoms with Crippen molar-refractivity contribution in [1.82, 2.24) is 14.8 Å². The van der Waals surface area contributed by atoms with Crippen molar-refractivity contribution in [3.8, 4) is 0 Å². The monoisotopic (exact) mass is 354 g/mol. The lowest BCUT2D eigenvalue weighted by Gasteiger charge is -2.26. The Labute approximate surface area is 136 Å². The quantitative estimate of drug-likeness (QED) is 0.752. The zero-order chi connectivity index (χ0) is 16.4. The van der Waals surface area contributed by atoms with Gasteiger partial charge in [0.15, 0.2) is 5.76 Å². The minimum absolute atomic E-state index is 0. The summed E-state index contributed by atoms with van der Waals surface area (Å²) < 4.78 is 31.8. The molecule has 8 nitrogen and oxygen atoms in total. The van der Waals surface area contributed by atoms with Gasteiger partial charge in [-0.1, -0.05) is 5.16 Å². The number of rotatable bonds is 6. The molecule has 1 amide bonds. The van der Waals surface area contributed by atoms with Crippen LogP contribution in [0.3, 0.4) is 0 Å². The molecule has 1 rings (SSSR count). The Morgan fingerprint density at radius 2 is 1.95 bits per heavy atom. The number of sulfonamides is 1. The third kappa shape index (κ3) is 4.42. The summed E-state index contributed by atoms with van der Waals surface area (Å²) >= 11 is 0. The van der Waals surface area contributed by atoms with E-state index < -0.39 is 16.1 Å². The molecule has 2 atom stereocenters. The van der Waals surface area contributed by atoms with Gasteiger partial charge in [-0.05, 0) is 27.7 Å². The fourth-order valence-electron chi connectivity index (χ4n) is 1.88. The lowest BCUT2D eigenvalue weighted by atomic mass is 10.2. The van der Waals surface area contributed by atoms with Crippen molar-refractivity contribution in [1.29, 1.82) is 0 Å². The van der Waals surface area contributed by atoms with Crippen molar-refractivity contribution in [2.45, 2.75) is 44.7 Å². The maximum atomic E-state index is 12.3. The lowest BCUT2D eigenvalue weighted by Crippen LogP contribution is -2.49. The second-order valence-electron chi connectivity index (χ2n) is 5.03. The standard InChI is InChI=1S/C12H22N4O4S.ClH/c1-7(6-13)16(5)12(17)9(3)15-21(18,19)11-8(2)14-20-10(11)4;/h7,9,15H,6,13H2,1-5H3;1H. The number of aromatic nitrogens is 1. The number of likely N-dealkylation sites (N-methyl/N-ethyl adjacent to an activating group) is 1. The van der Waals surface area contributed by atoms with E-state index in [2.05, 4.69) is 9.88 Å². The normalized spacial score (nSPS) is 14.1. The molecule has 0 radical (unpaired) electrons. The number of nitrogens with one attached hydrogen (secondary N) is 1. The van der Waals surface area contributed by atoms with Gasteiger partial charge in [-0.3, -0.25) is 4.79 Å². The van der Waals surface area contributed by atoms with Gasteiger partial charge in [0.2, 0.25) is 15.9 Å². The number of hydrogen-bond acceptors (Lipinski definition) is 6. The molecular formula is C12H23ClN4O4S. The van der Waals surface area contributed by atoms with E-state index in [9.17, 15) is 13.2 Å². The number of carbonyl (C=O) groups is 1. The lowest BCUT2D eigenvalue weighted by molar-refractivity contribution is -0.132. The van der Waals surface area contributed by atoms with Crippen LogP contribution >= 0.6 is 12.4 Å². The summed E-state index contributed by atoms with van der Waals surface area (Å²) in [5, 5.41) is 3.61. The van der Waals surface area contributed by atoms with Crippen molar-refractivity contribution in [2.24, 2.45) is 5.73 Å². The predicted molar refractivity (Wildman–Crippen MR) is 84.3 cm³/mol. The van der Waals surface area contributed by atoms with Crippen molar-refractivity contribution < 1.29 is 17.7 Å². The Morgan fingerprint density at radius 3 is 2.36 bits per heavy atom. The summed E-state index contributed by atoms with van der Waals surface area (Å²) in [6.07, 6.45) is 0. The molecule has 0 fully saturated rings. The van der Waals surface area contributed by atoms with Crippen LogP contribution in [-0.2, 0) is 14.8 Å². The van der Waals surface area contributed by atoms with Gasteiger partial charge in [-0.15, -0.1) is 12.4 Å². The Balaban J connectivity index is 0.00000441. The average Bonchev–Trinajstić information content (AvgIpc) is 2.75. The van der Waals surface area contributed by atoms with Crippen molar-refractivity contribution >= 4 is 28.3 Å². The summed E-state index contributed by atoms with van der Waals surface area (Å²) in [6, 6.07) is -1.09. The fourth-order valence-corrected chi connectivity index (χ4v) is 3.41. The van der Waals surface area contributed by atoms with Crippen LogP contribution in [-0.4, -0.2) is 50.1 Å². The van der Waals surface area contributed by atoms with Crippen LogP contribution < -0.4 is 10.5 Å². The Hall–Kier alpha value is -1.16. The highest BCUT2D eigenvalue weighted by atomic mass is 35.5. The number of nitrogens with zero attached hydrogens (tertiary/aromatic N) is 2. The van der Waals surface area contributed by atoms with Gasteiger partial charge >= 0.3 is 0 Å². The number of aryl methyl sites for hydroxylation is 2. The molecule has 22 heavy (non-hydrogen) atoms. The summed E-state index contributed by atoms with van der Waals surface area (Å²) in [4.78, 5) is 13.6. The molecule has 0 aliphatic heterocycles. The van der Waals surface area contributed by atoms with Crippen molar-refractivity contribution in [3.63, 3.8) is 0 Å². The fraction of sp³-hybridized carbons (Fsp3) is 0.667. The smallest absolute Gasteiger partial charge is 0.246 e. The molecule has 0 bridgehead atoms. The molecule has 10 heteroatoms. The van der Waals surface area contributed by atoms with Gasteiger partial charge in [0.1, 0.15) is 10.6 Å². The zero-order valence-corrected chi connectivity index (χ0v) is 14.9. The van der Waals surface area contributed by atoms with E-state index in [4.69, 9.17) is 10.3 Å². The SMILES string of the molecule is Cc1noc(C)c1S(=O)(=O)NC(C)C(=O)N(C)C(C)CN.Cl. The third-order valence-electron chi connectivity index (χ3n) is 3.29. The molecule has 0 aliphatic carbocycles. The first-order valence-electron chi connectivity index (χ1n) is 6.53. The average molecular weight is 355 g/mol. The molecule has 3 N–H and O–H groups in total. The van der Waals surface area contributed by atoms with Crippen molar-refractivity contribution in [2.75, 3.05) is 13.6 Å². The first kappa shape index (κ1) is 20.8. The van der Waals surface area contributed by atoms with Crippen LogP contribution in [0.15, 0.2) is 9.42 Å². The van der Waals surface area contributed by atoms with E-state index >= 15 is 0 Å². The van der Waals surface area contributed by atoms with Gasteiger partial charge in [-0.25, -0.2) is 8.42 Å². The highest BCUT2D eigenvalue weighted by molar-refractivity contribution is 7.89. The van der Waals surface area contributed by atoms with Gasteiger partial charge in [0.05, 0.1) is 6.04 Å². The molecule has 2 unspecified atom stereocenters. The highest BCUT2D eigenvalue weighted by Crippen LogP contribution is 2.19. The summed E-state index contributed by atoms with van der Waals surface area (Å²) in [5.41, 5.74) is 5.75. The number of amides is 1. The largest absolute Gasteiger partial charge is 0.360 e. The summed E-state index contributed by atoms with van der Waals surface area (Å²) in [5.74, 6) is -0.174. The molecule has 0 saturated carbocycles. The highest BCUT2D eigenvalue weighted by Gasteiger charge is 2.30. The number of nitrogens with two attached hydrogens (primary N) is 1. The summed E-state index contributed by atoms with van der Waals surface area (Å²) in [6.45, 7) is 6.60. The van der Waals surface area contributed by atoms with Crippen LogP contribution in [0.2, 0.25) is 0 Å². The first-order chi connectivity index (χ1) is 9.61. The molecule has 0 spiro atoms. The molecular weight excluding hydrogens is 332 g/mol. The van der Waals surface area contributed by atoms with Crippen LogP contribution in [0.25, 0.3) is 0 Å². The third-order valence-corrected chi connectivity index (χ3v) is 5.07. The summed E-state index contributed by atoms with van der Waals surface area (Å²) in [7, 11) is -2.29. The zero-order valence-electron chi connectivity index (χ0n) is 13.3. The van der Waals surface area contributed by atoms with Crippen LogP contribution in [0, 0.1) is 13.8 Å². The molecule has 128 valence electrons. The second kappa shape index (κ2) is 7.91. The molecule has 0 aliphatic rings. The predicted octanol–water partition coefficient (Wildman–Crippen LogP) is 0.186. The van der Waals surface area contributed by atoms with Crippen LogP contribution in [0.4, 0.5) is 0 Å². The maximum Gasteiger partial charge on any atom is 0.246 e. The van der Waals surface area contributed by atoms with E-state index in [0.29, 0.717) is 6.54 Å². The van der Waals surface area contributed by atoms with E-state index in [1.54, 1.807) is 14.0 Å². The molecule has 1 aromatic heterocycles. The van der Waals surface area contributed by atoms with Gasteiger partial charge in [0, 0.05) is 19.6 Å². The number of halogens is 1. The van der Waals surface area contributed by atoms with Crippen LogP contribution in [0.1, 0.15) is 25.3 Å². The Morgan fingerprint density at radius 1 is 1.41 bits per heavy atom. The Kier molecular flexibility index (Phi) is 7.49. The van der Waals surface area contributed by atoms with Gasteiger partial charge < -0.3 is 15.2 Å². The topological polar surface area (TPSA) is 119 Å². The minimum Gasteiger partial charge on any atom is -0.360 e. The minimum atomic E-state index is -3.87. The molecule has 0 aromatic carbocycles. The first-order valence-corrected chi connectivity index (χ1v) is 8.02. The molecule has 1 heterocycles. The van der Waals surface area contributed by atoms with E-state index in [1.807, 2.05) is 0 Å². The Bertz CT molecular complexity index is 597. The van der Waals surface area contributed by atoms with Crippen molar-refractivity contribution in [3.05, 3.63) is 11.5 Å². The van der Waals surface area contributed by atoms with Gasteiger partial charge in [0.25, 0.3) is 0 Å². The van der Waals surface area contributed by atoms with Crippen LogP contribution in [0.5, 0.6) is 0 Å². The van der Waals surface area contributed by atoms with Gasteiger partial charge in [-0.2, -0.15) is 4.72 Å². The molecule has 0 saturated heterocycles. The molecule has 1 aromatic rings. The van der Waals surface area contributed by atoms with E-state index in [-0.39, 0.29) is 40.7 Å². The van der Waals surface area contributed by atoms with E-state index in [1.165, 1.54) is 25.7 Å².